The van der Waals surface area contributed by atoms with E-state index < -0.39 is 35.1 Å². The molecule has 3 aromatic rings. The van der Waals surface area contributed by atoms with E-state index in [1.807, 2.05) is 0 Å². The van der Waals surface area contributed by atoms with E-state index in [1.165, 1.54) is 19.3 Å². The number of rotatable bonds is 5. The van der Waals surface area contributed by atoms with Gasteiger partial charge in [0.2, 0.25) is 5.91 Å². The molecule has 0 fully saturated rings. The molecule has 3 rings (SSSR count). The Kier molecular flexibility index (Phi) is 6.30. The van der Waals surface area contributed by atoms with Gasteiger partial charge in [-0.15, -0.1) is 0 Å². The van der Waals surface area contributed by atoms with Gasteiger partial charge in [-0.05, 0) is 37.3 Å². The second-order valence-corrected chi connectivity index (χ2v) is 7.01. The Labute approximate surface area is 179 Å². The second-order valence-electron chi connectivity index (χ2n) is 6.61. The summed E-state index contributed by atoms with van der Waals surface area (Å²) < 4.78 is 44.1. The Balaban J connectivity index is 1.74. The lowest BCUT2D eigenvalue weighted by Crippen LogP contribution is -2.35. The van der Waals surface area contributed by atoms with Crippen molar-refractivity contribution in [2.75, 3.05) is 18.9 Å². The standard InChI is InChI=1S/C20H16ClF3N4O3/c1-11-17(18(27-31-11)12-4-3-7-25-9-12)19(30)28(2)10-16(29)26-13-5-6-15(21)14(8-13)20(22,23)24/h3-9H,10H2,1-2H3,(H,26,29). The zero-order chi connectivity index (χ0) is 22.8. The van der Waals surface area contributed by atoms with Crippen LogP contribution in [0.4, 0.5) is 18.9 Å². The number of hydrogen-bond acceptors (Lipinski definition) is 5. The van der Waals surface area contributed by atoms with Crippen LogP contribution in [0.1, 0.15) is 21.7 Å². The van der Waals surface area contributed by atoms with E-state index in [2.05, 4.69) is 15.5 Å². The van der Waals surface area contributed by atoms with Gasteiger partial charge in [-0.2, -0.15) is 13.2 Å². The number of amides is 2. The molecule has 11 heteroatoms. The monoisotopic (exact) mass is 452 g/mol. The molecular weight excluding hydrogens is 437 g/mol. The minimum atomic E-state index is -4.67. The molecule has 1 N–H and O–H groups in total. The number of benzene rings is 1. The maximum absolute atomic E-state index is 13.0. The number of nitrogens with zero attached hydrogens (tertiary/aromatic N) is 3. The number of alkyl halides is 3. The van der Waals surface area contributed by atoms with E-state index in [0.29, 0.717) is 5.56 Å². The van der Waals surface area contributed by atoms with Crippen molar-refractivity contribution < 1.29 is 27.3 Å². The molecule has 0 atom stereocenters. The summed E-state index contributed by atoms with van der Waals surface area (Å²) in [6.45, 7) is 1.14. The summed E-state index contributed by atoms with van der Waals surface area (Å²) in [6, 6.07) is 6.38. The molecule has 7 nitrogen and oxygen atoms in total. The molecule has 1 aromatic carbocycles. The zero-order valence-electron chi connectivity index (χ0n) is 16.3. The molecule has 2 heterocycles. The van der Waals surface area contributed by atoms with Crippen LogP contribution in [0.5, 0.6) is 0 Å². The molecule has 0 aliphatic rings. The summed E-state index contributed by atoms with van der Waals surface area (Å²) in [5, 5.41) is 5.75. The molecule has 31 heavy (non-hydrogen) atoms. The molecule has 0 saturated heterocycles. The van der Waals surface area contributed by atoms with Crippen LogP contribution in [0.15, 0.2) is 47.2 Å². The van der Waals surface area contributed by atoms with Crippen molar-refractivity contribution in [1.29, 1.82) is 0 Å². The van der Waals surface area contributed by atoms with Gasteiger partial charge in [-0.1, -0.05) is 16.8 Å². The summed E-state index contributed by atoms with van der Waals surface area (Å²) in [4.78, 5) is 30.3. The van der Waals surface area contributed by atoms with Gasteiger partial charge in [0.1, 0.15) is 17.0 Å². The van der Waals surface area contributed by atoms with Crippen LogP contribution in [-0.2, 0) is 11.0 Å². The van der Waals surface area contributed by atoms with E-state index in [4.69, 9.17) is 16.1 Å². The van der Waals surface area contributed by atoms with Crippen molar-refractivity contribution in [2.24, 2.45) is 0 Å². The lowest BCUT2D eigenvalue weighted by Gasteiger charge is -2.17. The third-order valence-electron chi connectivity index (χ3n) is 4.29. The third kappa shape index (κ3) is 5.02. The molecule has 0 saturated carbocycles. The number of anilines is 1. The van der Waals surface area contributed by atoms with E-state index >= 15 is 0 Å². The summed E-state index contributed by atoms with van der Waals surface area (Å²) in [7, 11) is 1.38. The fourth-order valence-electron chi connectivity index (χ4n) is 2.82. The largest absolute Gasteiger partial charge is 0.417 e. The highest BCUT2D eigenvalue weighted by Gasteiger charge is 2.33. The number of carbonyl (C=O) groups excluding carboxylic acids is 2. The van der Waals surface area contributed by atoms with Gasteiger partial charge >= 0.3 is 6.18 Å². The molecule has 0 unspecified atom stereocenters. The van der Waals surface area contributed by atoms with Crippen LogP contribution >= 0.6 is 11.6 Å². The van der Waals surface area contributed by atoms with Crippen LogP contribution in [0, 0.1) is 6.92 Å². The summed E-state index contributed by atoms with van der Waals surface area (Å²) in [6.07, 6.45) is -1.59. The first kappa shape index (κ1) is 22.3. The van der Waals surface area contributed by atoms with Crippen LogP contribution in [0.25, 0.3) is 11.3 Å². The molecule has 0 aliphatic carbocycles. The van der Waals surface area contributed by atoms with Gasteiger partial charge < -0.3 is 14.7 Å². The zero-order valence-corrected chi connectivity index (χ0v) is 17.1. The average Bonchev–Trinajstić information content (AvgIpc) is 3.10. The summed E-state index contributed by atoms with van der Waals surface area (Å²) in [5.74, 6) is -0.980. The molecule has 0 bridgehead atoms. The Morgan fingerprint density at radius 3 is 2.65 bits per heavy atom. The van der Waals surface area contributed by atoms with Crippen molar-refractivity contribution in [1.82, 2.24) is 15.0 Å². The highest BCUT2D eigenvalue weighted by molar-refractivity contribution is 6.31. The molecule has 2 amide bonds. The number of carbonyl (C=O) groups is 2. The Hall–Kier alpha value is -3.40. The van der Waals surface area contributed by atoms with Gasteiger partial charge in [0.05, 0.1) is 17.1 Å². The maximum Gasteiger partial charge on any atom is 0.417 e. The Bertz CT molecular complexity index is 1120. The van der Waals surface area contributed by atoms with E-state index in [9.17, 15) is 22.8 Å². The summed E-state index contributed by atoms with van der Waals surface area (Å²) in [5.41, 5.74) is -0.177. The summed E-state index contributed by atoms with van der Waals surface area (Å²) >= 11 is 5.58. The van der Waals surface area contributed by atoms with Crippen molar-refractivity contribution >= 4 is 29.1 Å². The number of nitrogens with one attached hydrogen (secondary N) is 1. The van der Waals surface area contributed by atoms with Gasteiger partial charge in [0.25, 0.3) is 5.91 Å². The topological polar surface area (TPSA) is 88.3 Å². The van der Waals surface area contributed by atoms with Gasteiger partial charge in [0.15, 0.2) is 0 Å². The van der Waals surface area contributed by atoms with E-state index in [1.54, 1.807) is 25.3 Å². The van der Waals surface area contributed by atoms with Gasteiger partial charge in [0, 0.05) is 30.7 Å². The fourth-order valence-corrected chi connectivity index (χ4v) is 3.05. The van der Waals surface area contributed by atoms with Gasteiger partial charge in [-0.25, -0.2) is 0 Å². The van der Waals surface area contributed by atoms with E-state index in [0.717, 1.165) is 17.0 Å². The van der Waals surface area contributed by atoms with E-state index in [-0.39, 0.29) is 22.7 Å². The molecule has 0 spiro atoms. The number of pyridine rings is 1. The lowest BCUT2D eigenvalue weighted by molar-refractivity contribution is -0.137. The SMILES string of the molecule is Cc1onc(-c2cccnc2)c1C(=O)N(C)CC(=O)Nc1ccc(Cl)c(C(F)(F)F)c1. The van der Waals surface area contributed by atoms with Crippen LogP contribution in [-0.4, -0.2) is 40.4 Å². The van der Waals surface area contributed by atoms with Crippen molar-refractivity contribution in [2.45, 2.75) is 13.1 Å². The number of aromatic nitrogens is 2. The number of aryl methyl sites for hydroxylation is 1. The number of likely N-dealkylation sites (N-methyl/N-ethyl adjacent to an activating group) is 1. The Morgan fingerprint density at radius 2 is 2.00 bits per heavy atom. The lowest BCUT2D eigenvalue weighted by atomic mass is 10.1. The predicted octanol–water partition coefficient (Wildman–Crippen LogP) is 4.43. The van der Waals surface area contributed by atoms with Crippen molar-refractivity contribution in [3.8, 4) is 11.3 Å². The molecular formula is C20H16ClF3N4O3. The molecule has 2 aromatic heterocycles. The Morgan fingerprint density at radius 1 is 1.26 bits per heavy atom. The minimum absolute atomic E-state index is 0.0974. The maximum atomic E-state index is 13.0. The quantitative estimate of drug-likeness (QED) is 0.618. The fraction of sp³-hybridized carbons (Fsp3) is 0.200. The number of hydrogen-bond donors (Lipinski definition) is 1. The first-order chi connectivity index (χ1) is 14.6. The predicted molar refractivity (Wildman–Crippen MR) is 107 cm³/mol. The number of halogens is 4. The first-order valence-electron chi connectivity index (χ1n) is 8.86. The second kappa shape index (κ2) is 8.76. The molecule has 0 aliphatic heterocycles. The third-order valence-corrected chi connectivity index (χ3v) is 4.62. The average molecular weight is 453 g/mol. The first-order valence-corrected chi connectivity index (χ1v) is 9.24. The van der Waals surface area contributed by atoms with Crippen molar-refractivity contribution in [3.05, 3.63) is 64.6 Å². The minimum Gasteiger partial charge on any atom is -0.360 e. The molecule has 0 radical (unpaired) electrons. The highest BCUT2D eigenvalue weighted by Crippen LogP contribution is 2.36. The van der Waals surface area contributed by atoms with Crippen LogP contribution in [0.3, 0.4) is 0 Å². The van der Waals surface area contributed by atoms with Crippen LogP contribution in [0.2, 0.25) is 5.02 Å². The van der Waals surface area contributed by atoms with Gasteiger partial charge in [-0.3, -0.25) is 14.6 Å². The normalized spacial score (nSPS) is 11.3. The molecule has 162 valence electrons. The van der Waals surface area contributed by atoms with Crippen LogP contribution < -0.4 is 5.32 Å². The smallest absolute Gasteiger partial charge is 0.360 e. The van der Waals surface area contributed by atoms with Crippen molar-refractivity contribution in [3.63, 3.8) is 0 Å². The highest BCUT2D eigenvalue weighted by atomic mass is 35.5.